The quantitative estimate of drug-likeness (QED) is 0.107. The minimum atomic E-state index is -1.47. The van der Waals surface area contributed by atoms with Crippen LogP contribution in [0.2, 0.25) is 0 Å². The van der Waals surface area contributed by atoms with Crippen molar-refractivity contribution in [1.82, 2.24) is 0 Å². The van der Waals surface area contributed by atoms with E-state index in [1.165, 1.54) is 31.4 Å². The number of rotatable bonds is 13. The van der Waals surface area contributed by atoms with Gasteiger partial charge >= 0.3 is 29.8 Å². The Morgan fingerprint density at radius 2 is 1.39 bits per heavy atom. The van der Waals surface area contributed by atoms with Gasteiger partial charge in [-0.1, -0.05) is 31.9 Å². The van der Waals surface area contributed by atoms with Crippen molar-refractivity contribution < 1.29 is 61.5 Å². The molecule has 1 aliphatic rings. The van der Waals surface area contributed by atoms with Crippen LogP contribution in [-0.4, -0.2) is 67.2 Å². The molecule has 262 valence electrons. The van der Waals surface area contributed by atoms with E-state index in [0.717, 1.165) is 40.0 Å². The molecule has 1 aromatic heterocycles. The van der Waals surface area contributed by atoms with Gasteiger partial charge in [0, 0.05) is 40.2 Å². The maximum atomic E-state index is 13.5. The molecule has 14 nitrogen and oxygen atoms in total. The molecule has 1 fully saturated rings. The molecule has 0 bridgehead atoms. The van der Waals surface area contributed by atoms with E-state index in [1.807, 2.05) is 6.92 Å². The van der Waals surface area contributed by atoms with E-state index in [-0.39, 0.29) is 33.7 Å². The lowest BCUT2D eigenvalue weighted by atomic mass is 9.98. The van der Waals surface area contributed by atoms with Crippen LogP contribution in [0.25, 0.3) is 22.1 Å². The highest BCUT2D eigenvalue weighted by Crippen LogP contribution is 2.32. The third kappa shape index (κ3) is 9.89. The van der Waals surface area contributed by atoms with Crippen LogP contribution in [0.5, 0.6) is 11.5 Å². The number of carbonyl (C=O) groups is 5. The zero-order chi connectivity index (χ0) is 35.7. The van der Waals surface area contributed by atoms with Gasteiger partial charge < -0.3 is 37.6 Å². The van der Waals surface area contributed by atoms with Gasteiger partial charge in [0.1, 0.15) is 36.1 Å². The molecule has 2 heterocycles. The normalized spacial score (nSPS) is 20.1. The summed E-state index contributed by atoms with van der Waals surface area (Å²) in [7, 11) is 0. The second-order valence-electron chi connectivity index (χ2n) is 11.3. The molecule has 49 heavy (non-hydrogen) atoms. The van der Waals surface area contributed by atoms with Gasteiger partial charge in [0.2, 0.25) is 12.4 Å². The van der Waals surface area contributed by atoms with E-state index >= 15 is 0 Å². The molecule has 3 aromatic rings. The molecule has 0 amide bonds. The Morgan fingerprint density at radius 3 is 2.02 bits per heavy atom. The van der Waals surface area contributed by atoms with Crippen LogP contribution in [0, 0.1) is 0 Å². The summed E-state index contributed by atoms with van der Waals surface area (Å²) in [5.41, 5.74) is 0.611. The van der Waals surface area contributed by atoms with Crippen LogP contribution in [-0.2, 0) is 47.7 Å². The first-order valence-electron chi connectivity index (χ1n) is 15.7. The molecule has 0 radical (unpaired) electrons. The zero-order valence-corrected chi connectivity index (χ0v) is 27.8. The third-order valence-electron chi connectivity index (χ3n) is 7.33. The topological polar surface area (TPSA) is 180 Å². The van der Waals surface area contributed by atoms with Crippen molar-refractivity contribution in [2.75, 3.05) is 6.61 Å². The number of hydrogen-bond donors (Lipinski definition) is 0. The van der Waals surface area contributed by atoms with E-state index in [2.05, 4.69) is 0 Å². The highest BCUT2D eigenvalue weighted by molar-refractivity contribution is 5.83. The fourth-order valence-electron chi connectivity index (χ4n) is 5.20. The first-order chi connectivity index (χ1) is 23.4. The second kappa shape index (κ2) is 16.7. The molecule has 4 rings (SSSR count). The molecule has 5 atom stereocenters. The highest BCUT2D eigenvalue weighted by Gasteiger charge is 2.53. The minimum absolute atomic E-state index is 0.106. The van der Waals surface area contributed by atoms with Crippen LogP contribution in [0.15, 0.2) is 57.9 Å². The van der Waals surface area contributed by atoms with Gasteiger partial charge in [-0.25, -0.2) is 0 Å². The van der Waals surface area contributed by atoms with Crippen molar-refractivity contribution in [2.45, 2.75) is 91.0 Å². The average molecular weight is 683 g/mol. The summed E-state index contributed by atoms with van der Waals surface area (Å²) in [5.74, 6) is -2.85. The monoisotopic (exact) mass is 682 g/mol. The standard InChI is InChI=1S/C35H38O14/c1-6-7-8-9-30(40)47-24-12-10-23(11-13-24)27-17-43-28-16-25(14-15-26(28)31(27)41)48-35-34(46-22(5)39)33(45-21(4)38)32(44-20(3)37)29(49-35)18-42-19(2)36/h10-17,29,32-35H,6-9,18H2,1-5H3/t29-,32-,33+,34-,35-/m1/s1. The molecular weight excluding hydrogens is 644 g/mol. The third-order valence-corrected chi connectivity index (χ3v) is 7.33. The smallest absolute Gasteiger partial charge is 0.311 e. The van der Waals surface area contributed by atoms with Gasteiger partial charge in [-0.2, -0.15) is 0 Å². The largest absolute Gasteiger partial charge is 0.463 e. The Balaban J connectivity index is 1.60. The maximum Gasteiger partial charge on any atom is 0.311 e. The average Bonchev–Trinajstić information content (AvgIpc) is 3.03. The molecule has 0 aliphatic carbocycles. The predicted molar refractivity (Wildman–Crippen MR) is 170 cm³/mol. The second-order valence-corrected chi connectivity index (χ2v) is 11.3. The Morgan fingerprint density at radius 1 is 0.755 bits per heavy atom. The zero-order valence-electron chi connectivity index (χ0n) is 27.8. The van der Waals surface area contributed by atoms with E-state index < -0.39 is 61.2 Å². The van der Waals surface area contributed by atoms with E-state index in [9.17, 15) is 28.8 Å². The van der Waals surface area contributed by atoms with Crippen molar-refractivity contribution in [1.29, 1.82) is 0 Å². The van der Waals surface area contributed by atoms with Crippen LogP contribution >= 0.6 is 0 Å². The summed E-state index contributed by atoms with van der Waals surface area (Å²) < 4.78 is 44.5. The lowest BCUT2D eigenvalue weighted by Gasteiger charge is -2.43. The van der Waals surface area contributed by atoms with Crippen molar-refractivity contribution in [3.8, 4) is 22.6 Å². The van der Waals surface area contributed by atoms with Crippen LogP contribution < -0.4 is 14.9 Å². The Labute approximate surface area is 281 Å². The summed E-state index contributed by atoms with van der Waals surface area (Å²) in [6.07, 6.45) is -2.58. The summed E-state index contributed by atoms with van der Waals surface area (Å²) >= 11 is 0. The van der Waals surface area contributed by atoms with Crippen molar-refractivity contribution in [3.05, 3.63) is 59.0 Å². The Kier molecular flexibility index (Phi) is 12.5. The lowest BCUT2D eigenvalue weighted by molar-refractivity contribution is -0.288. The summed E-state index contributed by atoms with van der Waals surface area (Å²) in [5, 5.41) is 0.220. The maximum absolute atomic E-state index is 13.5. The summed E-state index contributed by atoms with van der Waals surface area (Å²) in [4.78, 5) is 73.3. The van der Waals surface area contributed by atoms with Gasteiger partial charge in [-0.15, -0.1) is 0 Å². The van der Waals surface area contributed by atoms with E-state index in [4.69, 9.17) is 37.6 Å². The summed E-state index contributed by atoms with van der Waals surface area (Å²) in [6.45, 7) is 6.14. The number of fused-ring (bicyclic) bond motifs is 1. The fourth-order valence-corrected chi connectivity index (χ4v) is 5.20. The number of ether oxygens (including phenoxy) is 7. The highest BCUT2D eigenvalue weighted by atomic mass is 16.7. The molecule has 1 saturated heterocycles. The van der Waals surface area contributed by atoms with Crippen molar-refractivity contribution in [3.63, 3.8) is 0 Å². The van der Waals surface area contributed by atoms with Crippen molar-refractivity contribution in [2.24, 2.45) is 0 Å². The number of esters is 5. The van der Waals surface area contributed by atoms with Gasteiger partial charge in [0.05, 0.1) is 10.9 Å². The van der Waals surface area contributed by atoms with Crippen LogP contribution in [0.4, 0.5) is 0 Å². The molecular formula is C35H38O14. The minimum Gasteiger partial charge on any atom is -0.463 e. The number of carbonyl (C=O) groups excluding carboxylic acids is 5. The fraction of sp³-hybridized carbons (Fsp3) is 0.429. The molecule has 1 aliphatic heterocycles. The van der Waals surface area contributed by atoms with Crippen molar-refractivity contribution >= 4 is 40.8 Å². The van der Waals surface area contributed by atoms with Gasteiger partial charge in [-0.3, -0.25) is 28.8 Å². The van der Waals surface area contributed by atoms with Gasteiger partial charge in [0.25, 0.3) is 0 Å². The van der Waals surface area contributed by atoms with Gasteiger partial charge in [-0.05, 0) is 36.2 Å². The Hall–Kier alpha value is -5.24. The summed E-state index contributed by atoms with van der Waals surface area (Å²) in [6, 6.07) is 10.8. The first kappa shape index (κ1) is 36.6. The SMILES string of the molecule is CCCCCC(=O)Oc1ccc(-c2coc3cc(O[C@@H]4O[C@H](COC(C)=O)[C@@H](OC(C)=O)[C@H](OC(C)=O)[C@H]4OC(C)=O)ccc3c2=O)cc1. The van der Waals surface area contributed by atoms with Crippen LogP contribution in [0.1, 0.15) is 60.3 Å². The van der Waals surface area contributed by atoms with Crippen LogP contribution in [0.3, 0.4) is 0 Å². The number of benzene rings is 2. The predicted octanol–water partition coefficient (Wildman–Crippen LogP) is 4.41. The molecule has 0 unspecified atom stereocenters. The molecule has 2 aromatic carbocycles. The molecule has 14 heteroatoms. The lowest BCUT2D eigenvalue weighted by Crippen LogP contribution is -2.63. The first-order valence-corrected chi connectivity index (χ1v) is 15.7. The molecule has 0 spiro atoms. The van der Waals surface area contributed by atoms with E-state index in [0.29, 0.717) is 17.7 Å². The van der Waals surface area contributed by atoms with E-state index in [1.54, 1.807) is 24.3 Å². The number of hydrogen-bond acceptors (Lipinski definition) is 14. The number of unbranched alkanes of at least 4 members (excludes halogenated alkanes) is 2. The molecule has 0 N–H and O–H groups in total. The molecule has 0 saturated carbocycles. The Bertz CT molecular complexity index is 1730. The van der Waals surface area contributed by atoms with Gasteiger partial charge in [0.15, 0.2) is 17.6 Å².